The van der Waals surface area contributed by atoms with Crippen molar-refractivity contribution in [2.24, 2.45) is 0 Å². The first-order valence-electron chi connectivity index (χ1n) is 10.8. The van der Waals surface area contributed by atoms with Gasteiger partial charge in [0.05, 0.1) is 7.11 Å². The maximum atomic E-state index is 11.6. The Morgan fingerprint density at radius 2 is 1.53 bits per heavy atom. The van der Waals surface area contributed by atoms with E-state index in [-0.39, 0.29) is 19.4 Å². The molecular weight excluding hydrogens is 410 g/mol. The molecule has 7 nitrogen and oxygen atoms in total. The zero-order valence-electron chi connectivity index (χ0n) is 18.6. The lowest BCUT2D eigenvalue weighted by Crippen LogP contribution is -2.45. The molecule has 0 bridgehead atoms. The first-order valence-corrected chi connectivity index (χ1v) is 10.8. The molecule has 2 N–H and O–H groups in total. The van der Waals surface area contributed by atoms with Gasteiger partial charge in [-0.15, -0.1) is 0 Å². The second-order valence-corrected chi connectivity index (χ2v) is 7.65. The van der Waals surface area contributed by atoms with Crippen molar-refractivity contribution >= 4 is 18.0 Å². The van der Waals surface area contributed by atoms with Crippen LogP contribution >= 0.6 is 0 Å². The van der Waals surface area contributed by atoms with E-state index >= 15 is 0 Å². The average molecular weight is 442 g/mol. The Balaban J connectivity index is 0.000000239. The maximum absolute atomic E-state index is 11.6. The number of ether oxygens (including phenoxy) is 1. The number of carbonyl (C=O) groups is 3. The molecule has 2 aromatic carbocycles. The molecule has 1 aliphatic rings. The summed E-state index contributed by atoms with van der Waals surface area (Å²) in [7, 11) is 1.17. The normalized spacial score (nSPS) is 11.9. The largest absolute Gasteiger partial charge is 0.481 e. The lowest BCUT2D eigenvalue weighted by Gasteiger charge is -2.27. The zero-order valence-corrected chi connectivity index (χ0v) is 18.6. The number of aliphatic carboxylic acids is 2. The molecular formula is C25H31NO6. The van der Waals surface area contributed by atoms with Crippen molar-refractivity contribution in [3.8, 4) is 11.1 Å². The van der Waals surface area contributed by atoms with Crippen molar-refractivity contribution in [1.29, 1.82) is 0 Å². The van der Waals surface area contributed by atoms with E-state index in [2.05, 4.69) is 53.3 Å². The SMILES string of the molecule is CCCCCN(C(=O)OC)[C@@H](CCC(=O)O)C(=O)O.c1ccc2c(c1)Cc1ccccc1-2. The molecule has 3 rings (SSSR count). The van der Waals surface area contributed by atoms with E-state index in [4.69, 9.17) is 10.2 Å². The van der Waals surface area contributed by atoms with Gasteiger partial charge in [0, 0.05) is 13.0 Å². The van der Waals surface area contributed by atoms with E-state index in [0.717, 1.165) is 24.2 Å². The van der Waals surface area contributed by atoms with Crippen LogP contribution in [0.5, 0.6) is 0 Å². The molecule has 0 aromatic heterocycles. The number of hydrogen-bond acceptors (Lipinski definition) is 4. The van der Waals surface area contributed by atoms with Crippen LogP contribution in [0, 0.1) is 0 Å². The Bertz CT molecular complexity index is 883. The van der Waals surface area contributed by atoms with Crippen molar-refractivity contribution in [1.82, 2.24) is 4.90 Å². The summed E-state index contributed by atoms with van der Waals surface area (Å²) < 4.78 is 4.56. The number of hydrogen-bond donors (Lipinski definition) is 2. The van der Waals surface area contributed by atoms with Crippen LogP contribution in [0.1, 0.15) is 50.2 Å². The molecule has 0 heterocycles. The van der Waals surface area contributed by atoms with E-state index in [1.54, 1.807) is 0 Å². The number of nitrogens with zero attached hydrogens (tertiary/aromatic N) is 1. The van der Waals surface area contributed by atoms with Gasteiger partial charge in [-0.2, -0.15) is 0 Å². The fourth-order valence-electron chi connectivity index (χ4n) is 3.78. The number of carboxylic acid groups (broad SMARTS) is 2. The summed E-state index contributed by atoms with van der Waals surface area (Å²) in [5, 5.41) is 17.7. The third-order valence-corrected chi connectivity index (χ3v) is 5.41. The Morgan fingerprint density at radius 3 is 2.00 bits per heavy atom. The molecule has 2 aromatic rings. The highest BCUT2D eigenvalue weighted by Gasteiger charge is 2.30. The minimum Gasteiger partial charge on any atom is -0.481 e. The molecule has 0 saturated carbocycles. The first kappa shape index (κ1) is 24.9. The molecule has 172 valence electrons. The van der Waals surface area contributed by atoms with Gasteiger partial charge in [-0.3, -0.25) is 9.69 Å². The highest BCUT2D eigenvalue weighted by atomic mass is 16.5. The molecule has 0 fully saturated rings. The number of benzene rings is 2. The summed E-state index contributed by atoms with van der Waals surface area (Å²) in [4.78, 5) is 34.4. The van der Waals surface area contributed by atoms with Crippen LogP contribution in [0.3, 0.4) is 0 Å². The second-order valence-electron chi connectivity index (χ2n) is 7.65. The number of fused-ring (bicyclic) bond motifs is 3. The Morgan fingerprint density at radius 1 is 0.969 bits per heavy atom. The van der Waals surface area contributed by atoms with Crippen LogP contribution in [0.4, 0.5) is 4.79 Å². The fourth-order valence-corrected chi connectivity index (χ4v) is 3.78. The third-order valence-electron chi connectivity index (χ3n) is 5.41. The van der Waals surface area contributed by atoms with Crippen LogP contribution in [0.25, 0.3) is 11.1 Å². The zero-order chi connectivity index (χ0) is 23.5. The van der Waals surface area contributed by atoms with E-state index < -0.39 is 24.1 Å². The summed E-state index contributed by atoms with van der Waals surface area (Å²) in [6, 6.07) is 16.1. The van der Waals surface area contributed by atoms with Crippen molar-refractivity contribution in [3.05, 3.63) is 59.7 Å². The highest BCUT2D eigenvalue weighted by molar-refractivity contribution is 5.80. The topological polar surface area (TPSA) is 104 Å². The summed E-state index contributed by atoms with van der Waals surface area (Å²) in [5.74, 6) is -2.31. The van der Waals surface area contributed by atoms with Crippen molar-refractivity contribution < 1.29 is 29.3 Å². The smallest absolute Gasteiger partial charge is 0.410 e. The molecule has 1 atom stereocenters. The summed E-state index contributed by atoms with van der Waals surface area (Å²) in [6.45, 7) is 2.23. The number of amides is 1. The molecule has 1 amide bonds. The molecule has 32 heavy (non-hydrogen) atoms. The van der Waals surface area contributed by atoms with Crippen LogP contribution in [-0.4, -0.2) is 52.8 Å². The van der Waals surface area contributed by atoms with Crippen LogP contribution in [0.15, 0.2) is 48.5 Å². The lowest BCUT2D eigenvalue weighted by atomic mass is 10.1. The second kappa shape index (κ2) is 12.5. The Hall–Kier alpha value is -3.35. The van der Waals surface area contributed by atoms with Gasteiger partial charge in [-0.25, -0.2) is 9.59 Å². The molecule has 0 aliphatic heterocycles. The van der Waals surface area contributed by atoms with Crippen molar-refractivity contribution in [2.45, 2.75) is 51.5 Å². The van der Waals surface area contributed by atoms with Crippen LogP contribution < -0.4 is 0 Å². The molecule has 0 unspecified atom stereocenters. The van der Waals surface area contributed by atoms with Gasteiger partial charge in [-0.1, -0.05) is 68.3 Å². The summed E-state index contributed by atoms with van der Waals surface area (Å²) in [5.41, 5.74) is 5.75. The van der Waals surface area contributed by atoms with Crippen molar-refractivity contribution in [2.75, 3.05) is 13.7 Å². The average Bonchev–Trinajstić information content (AvgIpc) is 3.16. The van der Waals surface area contributed by atoms with Gasteiger partial charge in [0.2, 0.25) is 0 Å². The van der Waals surface area contributed by atoms with E-state index in [9.17, 15) is 14.4 Å². The van der Waals surface area contributed by atoms with Gasteiger partial charge in [0.1, 0.15) is 6.04 Å². The molecule has 0 spiro atoms. The predicted molar refractivity (Wildman–Crippen MR) is 122 cm³/mol. The standard InChI is InChI=1S/C13H10.C12H21NO6/c1-3-7-12-10(5-1)9-11-6-2-4-8-13(11)12;1-3-4-5-8-13(12(18)19-2)9(11(16)17)6-7-10(14)15/h1-8H,9H2;9H,3-8H2,1-2H3,(H,14,15)(H,16,17)/t;9-/m.0/s1. The van der Waals surface area contributed by atoms with Gasteiger partial charge in [-0.05, 0) is 41.5 Å². The lowest BCUT2D eigenvalue weighted by molar-refractivity contribution is -0.144. The number of methoxy groups -OCH3 is 1. The molecule has 0 saturated heterocycles. The number of unbranched alkanes of at least 4 members (excludes halogenated alkanes) is 2. The minimum absolute atomic E-state index is 0.133. The molecule has 7 heteroatoms. The van der Waals surface area contributed by atoms with Gasteiger partial charge in [0.15, 0.2) is 0 Å². The van der Waals surface area contributed by atoms with Gasteiger partial charge < -0.3 is 14.9 Å². The summed E-state index contributed by atoms with van der Waals surface area (Å²) in [6.07, 6.45) is 2.37. The predicted octanol–water partition coefficient (Wildman–Crippen LogP) is 4.82. The Labute approximate surface area is 188 Å². The summed E-state index contributed by atoms with van der Waals surface area (Å²) >= 11 is 0. The Kier molecular flexibility index (Phi) is 9.73. The van der Waals surface area contributed by atoms with E-state index in [0.29, 0.717) is 6.42 Å². The van der Waals surface area contributed by atoms with E-state index in [1.165, 1.54) is 29.4 Å². The first-order chi connectivity index (χ1) is 15.4. The number of carboxylic acids is 2. The van der Waals surface area contributed by atoms with Crippen LogP contribution in [0.2, 0.25) is 0 Å². The minimum atomic E-state index is -1.22. The van der Waals surface area contributed by atoms with Gasteiger partial charge >= 0.3 is 18.0 Å². The van der Waals surface area contributed by atoms with Crippen LogP contribution in [-0.2, 0) is 20.7 Å². The number of carbonyl (C=O) groups excluding carboxylic acids is 1. The van der Waals surface area contributed by atoms with Gasteiger partial charge in [0.25, 0.3) is 0 Å². The number of rotatable bonds is 9. The third kappa shape index (κ3) is 6.83. The maximum Gasteiger partial charge on any atom is 0.410 e. The monoisotopic (exact) mass is 441 g/mol. The van der Waals surface area contributed by atoms with Crippen molar-refractivity contribution in [3.63, 3.8) is 0 Å². The quantitative estimate of drug-likeness (QED) is 0.461. The van der Waals surface area contributed by atoms with E-state index in [1.807, 2.05) is 6.92 Å². The fraction of sp³-hybridized carbons (Fsp3) is 0.400. The molecule has 0 radical (unpaired) electrons. The molecule has 1 aliphatic carbocycles. The highest BCUT2D eigenvalue weighted by Crippen LogP contribution is 2.35.